The van der Waals surface area contributed by atoms with Crippen molar-refractivity contribution >= 4 is 11.3 Å². The van der Waals surface area contributed by atoms with Crippen LogP contribution in [0.5, 0.6) is 0 Å². The van der Waals surface area contributed by atoms with Gasteiger partial charge in [0.15, 0.2) is 0 Å². The molecule has 2 atom stereocenters. The van der Waals surface area contributed by atoms with Crippen LogP contribution in [-0.4, -0.2) is 32.9 Å². The van der Waals surface area contributed by atoms with Crippen molar-refractivity contribution in [1.29, 1.82) is 0 Å². The zero-order chi connectivity index (χ0) is 13.9. The second-order valence-electron chi connectivity index (χ2n) is 6.71. The normalized spacial score (nSPS) is 28.4. The van der Waals surface area contributed by atoms with E-state index >= 15 is 0 Å². The smallest absolute Gasteiger partial charge is 0.200 e. The lowest BCUT2D eigenvalue weighted by Gasteiger charge is -2.23. The molecule has 1 aliphatic carbocycles. The van der Waals surface area contributed by atoms with Crippen molar-refractivity contribution in [2.45, 2.75) is 39.5 Å². The standard InChI is InChI=1S/C15H21N5/c1-4-15-6-11(15)7-19(8-15)13-5-12(10(2)3)18-20-9-16-17-14(13)20/h5,9-11H,4,6-8H2,1-3H3/t11-,15+/m0/s1. The predicted molar refractivity (Wildman–Crippen MR) is 77.9 cm³/mol. The van der Waals surface area contributed by atoms with E-state index in [-0.39, 0.29) is 0 Å². The van der Waals surface area contributed by atoms with Gasteiger partial charge in [-0.25, -0.2) is 0 Å². The molecular weight excluding hydrogens is 250 g/mol. The van der Waals surface area contributed by atoms with Gasteiger partial charge in [-0.3, -0.25) is 0 Å². The molecule has 3 heterocycles. The highest BCUT2D eigenvalue weighted by molar-refractivity contribution is 5.69. The topological polar surface area (TPSA) is 46.3 Å². The molecule has 0 spiro atoms. The summed E-state index contributed by atoms with van der Waals surface area (Å²) < 4.78 is 1.83. The first kappa shape index (κ1) is 12.1. The Morgan fingerprint density at radius 3 is 3.00 bits per heavy atom. The van der Waals surface area contributed by atoms with E-state index in [9.17, 15) is 0 Å². The van der Waals surface area contributed by atoms with Gasteiger partial charge in [-0.05, 0) is 36.2 Å². The molecule has 20 heavy (non-hydrogen) atoms. The Kier molecular flexibility index (Phi) is 2.38. The minimum absolute atomic E-state index is 0.415. The number of nitrogens with zero attached hydrogens (tertiary/aromatic N) is 5. The van der Waals surface area contributed by atoms with Gasteiger partial charge >= 0.3 is 0 Å². The molecular formula is C15H21N5. The number of piperidine rings is 1. The molecule has 1 saturated heterocycles. The van der Waals surface area contributed by atoms with Gasteiger partial charge in [0.2, 0.25) is 5.65 Å². The first-order chi connectivity index (χ1) is 9.63. The fraction of sp³-hybridized carbons (Fsp3) is 0.667. The first-order valence-corrected chi connectivity index (χ1v) is 7.59. The summed E-state index contributed by atoms with van der Waals surface area (Å²) in [5, 5.41) is 12.9. The molecule has 1 saturated carbocycles. The fourth-order valence-corrected chi connectivity index (χ4v) is 3.67. The molecule has 106 valence electrons. The number of aromatic nitrogens is 4. The average molecular weight is 271 g/mol. The second kappa shape index (κ2) is 3.93. The van der Waals surface area contributed by atoms with Gasteiger partial charge in [-0.2, -0.15) is 9.61 Å². The third kappa shape index (κ3) is 1.58. The van der Waals surface area contributed by atoms with Crippen molar-refractivity contribution in [2.75, 3.05) is 18.0 Å². The molecule has 0 aromatic carbocycles. The summed E-state index contributed by atoms with van der Waals surface area (Å²) >= 11 is 0. The maximum absolute atomic E-state index is 4.60. The molecule has 0 radical (unpaired) electrons. The predicted octanol–water partition coefficient (Wildman–Crippen LogP) is 2.48. The van der Waals surface area contributed by atoms with Crippen molar-refractivity contribution in [3.8, 4) is 0 Å². The van der Waals surface area contributed by atoms with Crippen LogP contribution in [0.2, 0.25) is 0 Å². The Balaban J connectivity index is 1.77. The summed E-state index contributed by atoms with van der Waals surface area (Å²) in [6, 6.07) is 2.21. The SMILES string of the molecule is CC[C@]12C[C@H]1CN(c1cc(C(C)C)nn3cnnc13)C2. The van der Waals surface area contributed by atoms with Crippen molar-refractivity contribution in [2.24, 2.45) is 11.3 Å². The largest absolute Gasteiger partial charge is 0.368 e. The van der Waals surface area contributed by atoms with Crippen LogP contribution in [0.15, 0.2) is 12.4 Å². The highest BCUT2D eigenvalue weighted by atomic mass is 15.4. The van der Waals surface area contributed by atoms with Crippen LogP contribution in [0.4, 0.5) is 5.69 Å². The fourth-order valence-electron chi connectivity index (χ4n) is 3.67. The molecule has 0 N–H and O–H groups in total. The quantitative estimate of drug-likeness (QED) is 0.860. The maximum atomic E-state index is 4.60. The lowest BCUT2D eigenvalue weighted by Crippen LogP contribution is -2.25. The van der Waals surface area contributed by atoms with E-state index in [4.69, 9.17) is 0 Å². The van der Waals surface area contributed by atoms with Gasteiger partial charge in [-0.1, -0.05) is 20.8 Å². The first-order valence-electron chi connectivity index (χ1n) is 7.59. The molecule has 5 heteroatoms. The average Bonchev–Trinajstić information content (AvgIpc) is 2.82. The van der Waals surface area contributed by atoms with Crippen molar-refractivity contribution in [3.05, 3.63) is 18.1 Å². The van der Waals surface area contributed by atoms with Gasteiger partial charge in [0.05, 0.1) is 11.4 Å². The molecule has 2 aliphatic rings. The molecule has 2 aromatic heterocycles. The Bertz CT molecular complexity index is 657. The third-order valence-corrected chi connectivity index (χ3v) is 5.21. The molecule has 0 bridgehead atoms. The van der Waals surface area contributed by atoms with Gasteiger partial charge in [0.25, 0.3) is 0 Å². The number of hydrogen-bond donors (Lipinski definition) is 0. The van der Waals surface area contributed by atoms with Gasteiger partial charge in [-0.15, -0.1) is 10.2 Å². The van der Waals surface area contributed by atoms with E-state index in [1.807, 2.05) is 4.52 Å². The van der Waals surface area contributed by atoms with Crippen LogP contribution in [-0.2, 0) is 0 Å². The summed E-state index contributed by atoms with van der Waals surface area (Å²) in [7, 11) is 0. The van der Waals surface area contributed by atoms with Gasteiger partial charge in [0.1, 0.15) is 6.33 Å². The van der Waals surface area contributed by atoms with Crippen LogP contribution >= 0.6 is 0 Å². The van der Waals surface area contributed by atoms with Crippen LogP contribution in [0.3, 0.4) is 0 Å². The van der Waals surface area contributed by atoms with Crippen LogP contribution in [0.1, 0.15) is 45.2 Å². The lowest BCUT2D eigenvalue weighted by atomic mass is 10.0. The Morgan fingerprint density at radius 2 is 2.30 bits per heavy atom. The van der Waals surface area contributed by atoms with Gasteiger partial charge < -0.3 is 4.90 Å². The number of rotatable bonds is 3. The summed E-state index contributed by atoms with van der Waals surface area (Å²) in [4.78, 5) is 2.50. The van der Waals surface area contributed by atoms with E-state index in [0.29, 0.717) is 11.3 Å². The minimum Gasteiger partial charge on any atom is -0.368 e. The number of fused-ring (bicyclic) bond motifs is 2. The zero-order valence-corrected chi connectivity index (χ0v) is 12.4. The van der Waals surface area contributed by atoms with Crippen LogP contribution < -0.4 is 4.90 Å². The minimum atomic E-state index is 0.415. The molecule has 0 amide bonds. The molecule has 5 nitrogen and oxygen atoms in total. The summed E-state index contributed by atoms with van der Waals surface area (Å²) in [6.07, 6.45) is 4.40. The Morgan fingerprint density at radius 1 is 1.45 bits per heavy atom. The zero-order valence-electron chi connectivity index (χ0n) is 12.4. The maximum Gasteiger partial charge on any atom is 0.200 e. The van der Waals surface area contributed by atoms with Crippen molar-refractivity contribution < 1.29 is 0 Å². The van der Waals surface area contributed by atoms with E-state index < -0.39 is 0 Å². The van der Waals surface area contributed by atoms with E-state index in [1.54, 1.807) is 6.33 Å². The monoisotopic (exact) mass is 271 g/mol. The Labute approximate surface area is 119 Å². The highest BCUT2D eigenvalue weighted by Gasteiger charge is 2.58. The van der Waals surface area contributed by atoms with E-state index in [2.05, 4.69) is 47.0 Å². The second-order valence-corrected chi connectivity index (χ2v) is 6.71. The molecule has 1 aliphatic heterocycles. The summed E-state index contributed by atoms with van der Waals surface area (Å²) in [5.74, 6) is 1.30. The summed E-state index contributed by atoms with van der Waals surface area (Å²) in [5.41, 5.74) is 3.79. The molecule has 2 fully saturated rings. The van der Waals surface area contributed by atoms with Crippen molar-refractivity contribution in [3.63, 3.8) is 0 Å². The number of hydrogen-bond acceptors (Lipinski definition) is 4. The van der Waals surface area contributed by atoms with Crippen LogP contribution in [0, 0.1) is 11.3 Å². The molecule has 4 rings (SSSR count). The molecule has 0 unspecified atom stereocenters. The molecule has 2 aromatic rings. The van der Waals surface area contributed by atoms with Gasteiger partial charge in [0, 0.05) is 13.1 Å². The van der Waals surface area contributed by atoms with Crippen LogP contribution in [0.25, 0.3) is 5.65 Å². The highest BCUT2D eigenvalue weighted by Crippen LogP contribution is 2.60. The van der Waals surface area contributed by atoms with E-state index in [0.717, 1.165) is 30.3 Å². The third-order valence-electron chi connectivity index (χ3n) is 5.21. The van der Waals surface area contributed by atoms with E-state index in [1.165, 1.54) is 18.5 Å². The lowest BCUT2D eigenvalue weighted by molar-refractivity contribution is 0.509. The Hall–Kier alpha value is -1.65. The van der Waals surface area contributed by atoms with Crippen molar-refractivity contribution in [1.82, 2.24) is 19.8 Å². The number of anilines is 1. The summed E-state index contributed by atoms with van der Waals surface area (Å²) in [6.45, 7) is 9.01.